The van der Waals surface area contributed by atoms with Crippen LogP contribution >= 0.6 is 0 Å². The molecule has 33 heavy (non-hydrogen) atoms. The molecule has 3 heterocycles. The third kappa shape index (κ3) is 4.69. The lowest BCUT2D eigenvalue weighted by Crippen LogP contribution is -2.41. The first-order valence-corrected chi connectivity index (χ1v) is 11.8. The van der Waals surface area contributed by atoms with Gasteiger partial charge in [-0.2, -0.15) is 22.5 Å². The molecular formula is C21H24F3N5O3S. The van der Waals surface area contributed by atoms with Crippen LogP contribution in [0.4, 0.5) is 18.9 Å². The van der Waals surface area contributed by atoms with E-state index in [4.69, 9.17) is 0 Å². The fraction of sp³-hybridized carbons (Fsp3) is 0.381. The summed E-state index contributed by atoms with van der Waals surface area (Å²) >= 11 is 0. The smallest absolute Gasteiger partial charge is 0.281 e. The van der Waals surface area contributed by atoms with Crippen molar-refractivity contribution in [3.63, 3.8) is 0 Å². The second-order valence-electron chi connectivity index (χ2n) is 7.87. The molecule has 0 radical (unpaired) electrons. The molecule has 4 rings (SSSR count). The Morgan fingerprint density at radius 3 is 2.85 bits per heavy atom. The average Bonchev–Trinajstić information content (AvgIpc) is 3.42. The van der Waals surface area contributed by atoms with Crippen LogP contribution in [0.5, 0.6) is 0 Å². The summed E-state index contributed by atoms with van der Waals surface area (Å²) in [6.07, 6.45) is 2.76. The van der Waals surface area contributed by atoms with Gasteiger partial charge >= 0.3 is 0 Å². The molecule has 1 aromatic carbocycles. The highest BCUT2D eigenvalue weighted by molar-refractivity contribution is 7.87. The lowest BCUT2D eigenvalue weighted by Gasteiger charge is -2.28. The molecule has 12 heteroatoms. The highest BCUT2D eigenvalue weighted by atomic mass is 32.2. The van der Waals surface area contributed by atoms with Gasteiger partial charge in [0.2, 0.25) is 0 Å². The van der Waals surface area contributed by atoms with E-state index in [0.29, 0.717) is 24.2 Å². The Hall–Kier alpha value is -2.67. The van der Waals surface area contributed by atoms with Crippen LogP contribution < -0.4 is 9.62 Å². The summed E-state index contributed by atoms with van der Waals surface area (Å²) in [6.45, 7) is -0.603. The Morgan fingerprint density at radius 1 is 1.30 bits per heavy atom. The second-order valence-corrected chi connectivity index (χ2v) is 9.68. The first kappa shape index (κ1) is 23.5. The number of rotatable bonds is 8. The molecule has 2 N–H and O–H groups in total. The highest BCUT2D eigenvalue weighted by Crippen LogP contribution is 2.38. The van der Waals surface area contributed by atoms with E-state index in [9.17, 15) is 26.7 Å². The lowest BCUT2D eigenvalue weighted by molar-refractivity contribution is 0.165. The molecule has 0 spiro atoms. The van der Waals surface area contributed by atoms with E-state index in [1.165, 1.54) is 23.8 Å². The number of hydrogen-bond acceptors (Lipinski definition) is 5. The van der Waals surface area contributed by atoms with Crippen LogP contribution in [0, 0.1) is 11.6 Å². The molecule has 0 saturated carbocycles. The molecule has 8 nitrogen and oxygen atoms in total. The Labute approximate surface area is 189 Å². The summed E-state index contributed by atoms with van der Waals surface area (Å²) in [6, 6.07) is 6.50. The SMILES string of the molecule is CN(CCF)S(=O)(=O)NC(O)c1cnn2ccc(N3CCC[C@@H]3c3cc(F)ccc3F)cc12. The average molecular weight is 484 g/mol. The summed E-state index contributed by atoms with van der Waals surface area (Å²) in [5.74, 6) is -0.999. The van der Waals surface area contributed by atoms with Gasteiger partial charge in [0.1, 0.15) is 24.5 Å². The number of nitrogens with zero attached hydrogens (tertiary/aromatic N) is 4. The van der Waals surface area contributed by atoms with E-state index in [1.807, 2.05) is 4.90 Å². The maximum Gasteiger partial charge on any atom is 0.281 e. The fourth-order valence-electron chi connectivity index (χ4n) is 4.08. The number of halogens is 3. The van der Waals surface area contributed by atoms with Gasteiger partial charge in [-0.15, -0.1) is 0 Å². The summed E-state index contributed by atoms with van der Waals surface area (Å²) in [7, 11) is -2.93. The number of aliphatic hydroxyl groups is 1. The third-order valence-electron chi connectivity index (χ3n) is 5.80. The largest absolute Gasteiger partial charge is 0.373 e. The van der Waals surface area contributed by atoms with Crippen LogP contribution in [0.15, 0.2) is 42.7 Å². The van der Waals surface area contributed by atoms with Gasteiger partial charge in [-0.25, -0.2) is 17.7 Å². The predicted octanol–water partition coefficient (Wildman–Crippen LogP) is 2.68. The van der Waals surface area contributed by atoms with Crippen molar-refractivity contribution in [3.8, 4) is 0 Å². The molecule has 1 saturated heterocycles. The van der Waals surface area contributed by atoms with Crippen molar-refractivity contribution in [1.82, 2.24) is 18.6 Å². The Balaban J connectivity index is 1.65. The number of hydrogen-bond donors (Lipinski definition) is 2. The van der Waals surface area contributed by atoms with Crippen LogP contribution in [0.1, 0.15) is 36.2 Å². The van der Waals surface area contributed by atoms with Gasteiger partial charge in [0.25, 0.3) is 10.2 Å². The monoisotopic (exact) mass is 483 g/mol. The maximum absolute atomic E-state index is 14.4. The normalized spacial score (nSPS) is 17.9. The van der Waals surface area contributed by atoms with Gasteiger partial charge in [-0.3, -0.25) is 0 Å². The molecule has 178 valence electrons. The van der Waals surface area contributed by atoms with Gasteiger partial charge in [-0.1, -0.05) is 0 Å². The van der Waals surface area contributed by atoms with Gasteiger partial charge in [0, 0.05) is 43.1 Å². The number of aromatic nitrogens is 2. The van der Waals surface area contributed by atoms with E-state index in [-0.39, 0.29) is 23.7 Å². The number of alkyl halides is 1. The fourth-order valence-corrected chi connectivity index (χ4v) is 4.98. The number of aliphatic hydroxyl groups excluding tert-OH is 1. The van der Waals surface area contributed by atoms with E-state index in [2.05, 4.69) is 9.82 Å². The predicted molar refractivity (Wildman–Crippen MR) is 116 cm³/mol. The van der Waals surface area contributed by atoms with Crippen molar-refractivity contribution in [1.29, 1.82) is 0 Å². The summed E-state index contributed by atoms with van der Waals surface area (Å²) < 4.78 is 69.6. The zero-order chi connectivity index (χ0) is 23.8. The standard InChI is InChI=1S/C21H24F3N5O3S/c1-27(10-7-22)33(31,32)26-21(30)17-13-25-29-9-6-15(12-20(17)29)28-8-2-3-19(28)16-11-14(23)4-5-18(16)24/h4-6,9,11-13,19,21,26,30H,2-3,7-8,10H2,1H3/t19-,21?/m1/s1. The molecule has 0 aliphatic carbocycles. The number of anilines is 1. The quantitative estimate of drug-likeness (QED) is 0.481. The van der Waals surface area contributed by atoms with Crippen LogP contribution in [0.2, 0.25) is 0 Å². The first-order chi connectivity index (χ1) is 15.7. The van der Waals surface area contributed by atoms with Crippen molar-refractivity contribution in [2.24, 2.45) is 0 Å². The van der Waals surface area contributed by atoms with Crippen LogP contribution in [0.3, 0.4) is 0 Å². The van der Waals surface area contributed by atoms with Gasteiger partial charge in [0.05, 0.1) is 17.8 Å². The zero-order valence-electron chi connectivity index (χ0n) is 17.8. The summed E-state index contributed by atoms with van der Waals surface area (Å²) in [5.41, 5.74) is 1.59. The molecule has 3 aromatic rings. The van der Waals surface area contributed by atoms with E-state index < -0.39 is 34.7 Å². The second kappa shape index (κ2) is 9.29. The van der Waals surface area contributed by atoms with Gasteiger partial charge < -0.3 is 10.0 Å². The molecule has 0 bridgehead atoms. The number of pyridine rings is 1. The minimum absolute atomic E-state index is 0.196. The summed E-state index contributed by atoms with van der Waals surface area (Å²) in [5, 5.41) is 14.7. The Bertz CT molecular complexity index is 1250. The van der Waals surface area contributed by atoms with Crippen molar-refractivity contribution in [3.05, 3.63) is 65.5 Å². The first-order valence-electron chi connectivity index (χ1n) is 10.4. The minimum Gasteiger partial charge on any atom is -0.373 e. The highest BCUT2D eigenvalue weighted by Gasteiger charge is 2.30. The molecule has 1 aliphatic heterocycles. The topological polar surface area (TPSA) is 90.2 Å². The van der Waals surface area contributed by atoms with Crippen LogP contribution in [-0.2, 0) is 10.2 Å². The maximum atomic E-state index is 14.4. The van der Waals surface area contributed by atoms with Crippen molar-refractivity contribution < 1.29 is 26.7 Å². The molecule has 1 aliphatic rings. The van der Waals surface area contributed by atoms with E-state index >= 15 is 0 Å². The Morgan fingerprint density at radius 2 is 2.09 bits per heavy atom. The van der Waals surface area contributed by atoms with Crippen molar-refractivity contribution in [2.45, 2.75) is 25.1 Å². The molecule has 2 aromatic heterocycles. The third-order valence-corrected chi connectivity index (χ3v) is 7.33. The van der Waals surface area contributed by atoms with Crippen molar-refractivity contribution >= 4 is 21.4 Å². The van der Waals surface area contributed by atoms with Gasteiger partial charge in [-0.05, 0) is 43.2 Å². The van der Waals surface area contributed by atoms with Crippen LogP contribution in [-0.4, -0.2) is 54.3 Å². The van der Waals surface area contributed by atoms with E-state index in [0.717, 1.165) is 22.9 Å². The zero-order valence-corrected chi connectivity index (χ0v) is 18.6. The molecule has 2 atom stereocenters. The van der Waals surface area contributed by atoms with Crippen LogP contribution in [0.25, 0.3) is 5.52 Å². The minimum atomic E-state index is -4.13. The van der Waals surface area contributed by atoms with E-state index in [1.54, 1.807) is 18.3 Å². The number of nitrogens with one attached hydrogen (secondary N) is 1. The van der Waals surface area contributed by atoms with Crippen molar-refractivity contribution in [2.75, 3.05) is 31.7 Å². The molecule has 1 unspecified atom stereocenters. The lowest BCUT2D eigenvalue weighted by atomic mass is 10.0. The van der Waals surface area contributed by atoms with Gasteiger partial charge in [0.15, 0.2) is 0 Å². The Kier molecular flexibility index (Phi) is 6.61. The molecular weight excluding hydrogens is 459 g/mol. The summed E-state index contributed by atoms with van der Waals surface area (Å²) in [4.78, 5) is 1.94. The molecule has 1 fully saturated rings. The molecule has 0 amide bonds. The number of fused-ring (bicyclic) bond motifs is 1. The number of benzene rings is 1.